The number of aromatic nitrogens is 2. The SMILES string of the molecule is CCCCn1c(N)c(N(C)C(=O)c2ccc(OCC(=O)N3C(C)CCCC3C)cc2)c(=O)[nH]c1=O. The lowest BCUT2D eigenvalue weighted by Gasteiger charge is -2.38. The molecule has 2 aromatic rings. The van der Waals surface area contributed by atoms with Crippen LogP contribution in [0.5, 0.6) is 5.75 Å². The Labute approximate surface area is 204 Å². The van der Waals surface area contributed by atoms with E-state index in [-0.39, 0.29) is 36.1 Å². The molecule has 2 heterocycles. The Kier molecular flexibility index (Phi) is 8.37. The second-order valence-corrected chi connectivity index (χ2v) is 9.11. The summed E-state index contributed by atoms with van der Waals surface area (Å²) in [6.07, 6.45) is 4.64. The second kappa shape index (κ2) is 11.2. The Morgan fingerprint density at radius 2 is 1.77 bits per heavy atom. The quantitative estimate of drug-likeness (QED) is 0.590. The molecule has 0 saturated carbocycles. The van der Waals surface area contributed by atoms with Crippen molar-refractivity contribution in [2.75, 3.05) is 24.3 Å². The van der Waals surface area contributed by atoms with Gasteiger partial charge in [-0.25, -0.2) is 4.79 Å². The van der Waals surface area contributed by atoms with Crippen molar-refractivity contribution in [1.29, 1.82) is 0 Å². The highest BCUT2D eigenvalue weighted by Gasteiger charge is 2.29. The van der Waals surface area contributed by atoms with Crippen molar-refractivity contribution in [3.63, 3.8) is 0 Å². The van der Waals surface area contributed by atoms with Gasteiger partial charge in [-0.1, -0.05) is 13.3 Å². The third-order valence-electron chi connectivity index (χ3n) is 6.53. The van der Waals surface area contributed by atoms with Crippen molar-refractivity contribution in [2.45, 2.75) is 71.5 Å². The van der Waals surface area contributed by atoms with Crippen molar-refractivity contribution in [1.82, 2.24) is 14.5 Å². The van der Waals surface area contributed by atoms with E-state index in [1.165, 1.54) is 11.6 Å². The van der Waals surface area contributed by atoms with Crippen molar-refractivity contribution in [3.05, 3.63) is 50.7 Å². The first-order valence-electron chi connectivity index (χ1n) is 12.1. The molecular formula is C25H35N5O5. The highest BCUT2D eigenvalue weighted by atomic mass is 16.5. The minimum Gasteiger partial charge on any atom is -0.484 e. The van der Waals surface area contributed by atoms with Crippen LogP contribution in [0.15, 0.2) is 33.9 Å². The van der Waals surface area contributed by atoms with Crippen molar-refractivity contribution in [3.8, 4) is 5.75 Å². The van der Waals surface area contributed by atoms with Crippen LogP contribution in [-0.4, -0.2) is 52.0 Å². The number of aromatic amines is 1. The van der Waals surface area contributed by atoms with Crippen LogP contribution in [0.2, 0.25) is 0 Å². The summed E-state index contributed by atoms with van der Waals surface area (Å²) in [5.74, 6) is -0.123. The first-order chi connectivity index (χ1) is 16.6. The van der Waals surface area contributed by atoms with Gasteiger partial charge in [-0.2, -0.15) is 0 Å². The molecule has 0 spiro atoms. The van der Waals surface area contributed by atoms with Gasteiger partial charge in [-0.3, -0.25) is 23.9 Å². The van der Waals surface area contributed by atoms with Crippen LogP contribution in [0, 0.1) is 0 Å². The van der Waals surface area contributed by atoms with Gasteiger partial charge in [0.15, 0.2) is 12.3 Å². The smallest absolute Gasteiger partial charge is 0.330 e. The molecule has 0 aliphatic carbocycles. The number of nitrogens with zero attached hydrogens (tertiary/aromatic N) is 3. The van der Waals surface area contributed by atoms with E-state index in [0.717, 1.165) is 30.6 Å². The average Bonchev–Trinajstić information content (AvgIpc) is 2.82. The second-order valence-electron chi connectivity index (χ2n) is 9.11. The van der Waals surface area contributed by atoms with Crippen LogP contribution in [0.3, 0.4) is 0 Å². The third kappa shape index (κ3) is 5.75. The van der Waals surface area contributed by atoms with Crippen LogP contribution in [0.25, 0.3) is 0 Å². The van der Waals surface area contributed by atoms with E-state index in [4.69, 9.17) is 10.5 Å². The first kappa shape index (κ1) is 26.1. The van der Waals surface area contributed by atoms with Crippen molar-refractivity contribution < 1.29 is 14.3 Å². The lowest BCUT2D eigenvalue weighted by molar-refractivity contribution is -0.139. The van der Waals surface area contributed by atoms with E-state index in [2.05, 4.69) is 18.8 Å². The molecule has 1 aromatic heterocycles. The summed E-state index contributed by atoms with van der Waals surface area (Å²) in [6, 6.07) is 6.71. The number of carbonyl (C=O) groups excluding carboxylic acids is 2. The van der Waals surface area contributed by atoms with Crippen LogP contribution in [-0.2, 0) is 11.3 Å². The molecule has 1 aliphatic heterocycles. The number of amides is 2. The van der Waals surface area contributed by atoms with Gasteiger partial charge in [0.05, 0.1) is 0 Å². The molecule has 10 heteroatoms. The molecule has 2 unspecified atom stereocenters. The third-order valence-corrected chi connectivity index (χ3v) is 6.53. The van der Waals surface area contributed by atoms with Gasteiger partial charge in [-0.15, -0.1) is 0 Å². The normalized spacial score (nSPS) is 17.8. The summed E-state index contributed by atoms with van der Waals surface area (Å²) >= 11 is 0. The summed E-state index contributed by atoms with van der Waals surface area (Å²) < 4.78 is 6.94. The fraction of sp³-hybridized carbons (Fsp3) is 0.520. The zero-order valence-corrected chi connectivity index (χ0v) is 20.9. The minimum absolute atomic E-state index is 0.0531. The van der Waals surface area contributed by atoms with Gasteiger partial charge in [0.2, 0.25) is 0 Å². The molecule has 3 rings (SSSR count). The predicted molar refractivity (Wildman–Crippen MR) is 135 cm³/mol. The number of rotatable bonds is 8. The number of H-pyrrole nitrogens is 1. The van der Waals surface area contributed by atoms with Gasteiger partial charge in [0.25, 0.3) is 17.4 Å². The van der Waals surface area contributed by atoms with Gasteiger partial charge in [0, 0.05) is 31.2 Å². The van der Waals surface area contributed by atoms with E-state index in [9.17, 15) is 19.2 Å². The maximum Gasteiger partial charge on any atom is 0.330 e. The number of carbonyl (C=O) groups is 2. The number of hydrogen-bond acceptors (Lipinski definition) is 6. The van der Waals surface area contributed by atoms with Gasteiger partial charge >= 0.3 is 5.69 Å². The number of nitrogen functional groups attached to an aromatic ring is 1. The molecule has 2 atom stereocenters. The van der Waals surface area contributed by atoms with Gasteiger partial charge < -0.3 is 20.3 Å². The van der Waals surface area contributed by atoms with Gasteiger partial charge in [0.1, 0.15) is 11.6 Å². The van der Waals surface area contributed by atoms with E-state index >= 15 is 0 Å². The number of benzene rings is 1. The summed E-state index contributed by atoms with van der Waals surface area (Å²) in [4.78, 5) is 55.6. The Bertz CT molecular complexity index is 1160. The number of ether oxygens (including phenoxy) is 1. The molecule has 1 saturated heterocycles. The summed E-state index contributed by atoms with van der Waals surface area (Å²) in [5, 5.41) is 0. The topological polar surface area (TPSA) is 131 Å². The van der Waals surface area contributed by atoms with E-state index in [1.807, 2.05) is 11.8 Å². The lowest BCUT2D eigenvalue weighted by Crippen LogP contribution is -2.49. The maximum atomic E-state index is 13.0. The standard InChI is InChI=1S/C25H35N5O5/c1-5-6-14-29-22(26)21(23(32)27-25(29)34)28(4)24(33)18-10-12-19(13-11-18)35-15-20(31)30-16(2)8-7-9-17(30)3/h10-13,16-17H,5-9,14-15,26H2,1-4H3,(H,27,32,34). The Balaban J connectivity index is 1.71. The van der Waals surface area contributed by atoms with E-state index in [0.29, 0.717) is 24.3 Å². The molecule has 1 aromatic carbocycles. The van der Waals surface area contributed by atoms with Crippen LogP contribution in [0.4, 0.5) is 11.5 Å². The molecule has 10 nitrogen and oxygen atoms in total. The molecule has 3 N–H and O–H groups in total. The van der Waals surface area contributed by atoms with Gasteiger partial charge in [-0.05, 0) is 63.8 Å². The first-order valence-corrected chi connectivity index (χ1v) is 12.1. The summed E-state index contributed by atoms with van der Waals surface area (Å²) in [6.45, 7) is 6.34. The number of nitrogens with two attached hydrogens (primary N) is 1. The molecule has 35 heavy (non-hydrogen) atoms. The maximum absolute atomic E-state index is 13.0. The summed E-state index contributed by atoms with van der Waals surface area (Å²) in [5.41, 5.74) is 5.00. The molecule has 1 fully saturated rings. The fourth-order valence-electron chi connectivity index (χ4n) is 4.56. The number of hydrogen-bond donors (Lipinski definition) is 2. The highest BCUT2D eigenvalue weighted by molar-refractivity contribution is 6.06. The van der Waals surface area contributed by atoms with Crippen LogP contribution in [0.1, 0.15) is 63.2 Å². The molecule has 190 valence electrons. The Morgan fingerprint density at radius 3 is 2.37 bits per heavy atom. The number of piperidine rings is 1. The zero-order valence-electron chi connectivity index (χ0n) is 20.9. The molecule has 1 aliphatic rings. The Hall–Kier alpha value is -3.56. The number of unbranched alkanes of at least 4 members (excludes halogenated alkanes) is 1. The largest absolute Gasteiger partial charge is 0.484 e. The monoisotopic (exact) mass is 485 g/mol. The summed E-state index contributed by atoms with van der Waals surface area (Å²) in [7, 11) is 1.43. The Morgan fingerprint density at radius 1 is 1.14 bits per heavy atom. The molecule has 2 amide bonds. The number of anilines is 2. The van der Waals surface area contributed by atoms with Crippen LogP contribution < -0.4 is 26.6 Å². The predicted octanol–water partition coefficient (Wildman–Crippen LogP) is 2.36. The van der Waals surface area contributed by atoms with Crippen molar-refractivity contribution in [2.24, 2.45) is 0 Å². The molecule has 0 bridgehead atoms. The van der Waals surface area contributed by atoms with E-state index < -0.39 is 17.2 Å². The number of likely N-dealkylation sites (tertiary alicyclic amines) is 1. The molecular weight excluding hydrogens is 450 g/mol. The minimum atomic E-state index is -0.726. The molecule has 0 radical (unpaired) electrons. The lowest BCUT2D eigenvalue weighted by atomic mass is 9.97. The van der Waals surface area contributed by atoms with Crippen molar-refractivity contribution >= 4 is 23.3 Å². The van der Waals surface area contributed by atoms with E-state index in [1.54, 1.807) is 24.3 Å². The number of nitrogens with one attached hydrogen (secondary N) is 1. The van der Waals surface area contributed by atoms with Crippen LogP contribution >= 0.6 is 0 Å². The zero-order chi connectivity index (χ0) is 25.7. The average molecular weight is 486 g/mol. The highest BCUT2D eigenvalue weighted by Crippen LogP contribution is 2.23. The fourth-order valence-corrected chi connectivity index (χ4v) is 4.56.